The summed E-state index contributed by atoms with van der Waals surface area (Å²) in [5.74, 6) is 1.08. The van der Waals surface area contributed by atoms with Gasteiger partial charge in [-0.2, -0.15) is 0 Å². The third-order valence-corrected chi connectivity index (χ3v) is 4.13. The zero-order chi connectivity index (χ0) is 11.9. The van der Waals surface area contributed by atoms with E-state index in [1.165, 1.54) is 25.7 Å². The van der Waals surface area contributed by atoms with E-state index < -0.39 is 0 Å². The van der Waals surface area contributed by atoms with Crippen molar-refractivity contribution in [1.82, 2.24) is 25.5 Å². The minimum Gasteiger partial charge on any atom is -0.317 e. The molecule has 6 heteroatoms. The highest BCUT2D eigenvalue weighted by Crippen LogP contribution is 2.31. The minimum atomic E-state index is 0.543. The molecule has 1 saturated carbocycles. The van der Waals surface area contributed by atoms with Gasteiger partial charge in [0.1, 0.15) is 0 Å². The Labute approximate surface area is 107 Å². The second kappa shape index (κ2) is 6.96. The van der Waals surface area contributed by atoms with Gasteiger partial charge in [-0.25, -0.2) is 4.68 Å². The van der Waals surface area contributed by atoms with E-state index >= 15 is 0 Å². The van der Waals surface area contributed by atoms with Gasteiger partial charge in [0.2, 0.25) is 5.16 Å². The average Bonchev–Trinajstić information content (AvgIpc) is 2.98. The number of hydrogen-bond donors (Lipinski definition) is 1. The molecule has 1 aromatic heterocycles. The Morgan fingerprint density at radius 1 is 1.41 bits per heavy atom. The van der Waals surface area contributed by atoms with Gasteiger partial charge in [-0.15, -0.1) is 5.10 Å². The number of hydrogen-bond acceptors (Lipinski definition) is 5. The maximum atomic E-state index is 4.13. The molecule has 1 heterocycles. The van der Waals surface area contributed by atoms with Crippen LogP contribution >= 0.6 is 11.8 Å². The van der Waals surface area contributed by atoms with Crippen LogP contribution in [0.4, 0.5) is 0 Å². The quantitative estimate of drug-likeness (QED) is 0.595. The summed E-state index contributed by atoms with van der Waals surface area (Å²) in [6.07, 6.45) is 6.26. The van der Waals surface area contributed by atoms with Crippen molar-refractivity contribution in [3.05, 3.63) is 0 Å². The van der Waals surface area contributed by atoms with Crippen LogP contribution in [0.2, 0.25) is 0 Å². The summed E-state index contributed by atoms with van der Waals surface area (Å²) in [4.78, 5) is 0. The van der Waals surface area contributed by atoms with Crippen LogP contribution in [0.1, 0.15) is 45.1 Å². The summed E-state index contributed by atoms with van der Waals surface area (Å²) in [5, 5.41) is 16.4. The predicted octanol–water partition coefficient (Wildman–Crippen LogP) is 1.88. The van der Waals surface area contributed by atoms with Crippen molar-refractivity contribution >= 4 is 11.8 Å². The average molecular weight is 255 g/mol. The summed E-state index contributed by atoms with van der Waals surface area (Å²) < 4.78 is 2.03. The van der Waals surface area contributed by atoms with Gasteiger partial charge in [0, 0.05) is 5.75 Å². The maximum Gasteiger partial charge on any atom is 0.209 e. The molecular formula is C11H21N5S. The first-order valence-corrected chi connectivity index (χ1v) is 7.51. The summed E-state index contributed by atoms with van der Waals surface area (Å²) in [5.41, 5.74) is 0. The van der Waals surface area contributed by atoms with E-state index in [0.29, 0.717) is 6.04 Å². The highest BCUT2D eigenvalue weighted by molar-refractivity contribution is 7.99. The van der Waals surface area contributed by atoms with Gasteiger partial charge < -0.3 is 5.32 Å². The lowest BCUT2D eigenvalue weighted by molar-refractivity contribution is 0.423. The Hall–Kier alpha value is -0.620. The van der Waals surface area contributed by atoms with Crippen LogP contribution in [0.25, 0.3) is 0 Å². The normalized spacial score (nSPS) is 16.8. The molecule has 0 unspecified atom stereocenters. The van der Waals surface area contributed by atoms with E-state index in [9.17, 15) is 0 Å². The van der Waals surface area contributed by atoms with Crippen molar-refractivity contribution in [3.8, 4) is 0 Å². The van der Waals surface area contributed by atoms with Crippen LogP contribution in [0.15, 0.2) is 5.16 Å². The summed E-state index contributed by atoms with van der Waals surface area (Å²) in [7, 11) is 0. The van der Waals surface area contributed by atoms with Crippen LogP contribution in [0.3, 0.4) is 0 Å². The lowest BCUT2D eigenvalue weighted by Crippen LogP contribution is -2.14. The summed E-state index contributed by atoms with van der Waals surface area (Å²) in [6.45, 7) is 4.26. The first-order valence-electron chi connectivity index (χ1n) is 6.53. The summed E-state index contributed by atoms with van der Waals surface area (Å²) >= 11 is 1.78. The molecular weight excluding hydrogens is 234 g/mol. The van der Waals surface area contributed by atoms with Crippen LogP contribution in [0.5, 0.6) is 0 Å². The molecule has 5 nitrogen and oxygen atoms in total. The molecule has 96 valence electrons. The van der Waals surface area contributed by atoms with Crippen molar-refractivity contribution in [2.24, 2.45) is 0 Å². The van der Waals surface area contributed by atoms with Crippen molar-refractivity contribution < 1.29 is 0 Å². The van der Waals surface area contributed by atoms with E-state index in [0.717, 1.165) is 30.4 Å². The SMILES string of the molecule is CCNCCCSc1nnnn1C1CCCC1. The third kappa shape index (κ3) is 3.67. The number of nitrogens with zero attached hydrogens (tertiary/aromatic N) is 4. The smallest absolute Gasteiger partial charge is 0.209 e. The molecule has 0 radical (unpaired) electrons. The second-order valence-electron chi connectivity index (χ2n) is 4.40. The Bertz CT molecular complexity index is 321. The fourth-order valence-corrected chi connectivity index (χ4v) is 3.08. The molecule has 0 atom stereocenters. The Balaban J connectivity index is 1.78. The lowest BCUT2D eigenvalue weighted by atomic mass is 10.3. The van der Waals surface area contributed by atoms with Gasteiger partial charge in [0.05, 0.1) is 6.04 Å². The standard InChI is InChI=1S/C11H21N5S/c1-2-12-8-5-9-17-11-13-14-15-16(11)10-6-3-4-7-10/h10,12H,2-9H2,1H3. The minimum absolute atomic E-state index is 0.543. The van der Waals surface area contributed by atoms with Crippen molar-refractivity contribution in [2.75, 3.05) is 18.8 Å². The van der Waals surface area contributed by atoms with Gasteiger partial charge in [-0.3, -0.25) is 0 Å². The van der Waals surface area contributed by atoms with E-state index in [-0.39, 0.29) is 0 Å². The van der Waals surface area contributed by atoms with Crippen molar-refractivity contribution in [3.63, 3.8) is 0 Å². The van der Waals surface area contributed by atoms with E-state index in [1.807, 2.05) is 4.68 Å². The fourth-order valence-electron chi connectivity index (χ4n) is 2.20. The van der Waals surface area contributed by atoms with Crippen molar-refractivity contribution in [1.29, 1.82) is 0 Å². The highest BCUT2D eigenvalue weighted by atomic mass is 32.2. The molecule has 1 aliphatic carbocycles. The number of rotatable bonds is 7. The molecule has 0 aromatic carbocycles. The third-order valence-electron chi connectivity index (χ3n) is 3.11. The number of nitrogens with one attached hydrogen (secondary N) is 1. The first kappa shape index (κ1) is 12.8. The Kier molecular flexibility index (Phi) is 5.25. The van der Waals surface area contributed by atoms with Gasteiger partial charge in [-0.05, 0) is 42.8 Å². The highest BCUT2D eigenvalue weighted by Gasteiger charge is 2.21. The van der Waals surface area contributed by atoms with E-state index in [1.54, 1.807) is 11.8 Å². The second-order valence-corrected chi connectivity index (χ2v) is 5.46. The largest absolute Gasteiger partial charge is 0.317 e. The topological polar surface area (TPSA) is 55.6 Å². The Morgan fingerprint density at radius 2 is 2.24 bits per heavy atom. The molecule has 0 aliphatic heterocycles. The van der Waals surface area contributed by atoms with Gasteiger partial charge in [-0.1, -0.05) is 31.5 Å². The van der Waals surface area contributed by atoms with Crippen molar-refractivity contribution in [2.45, 2.75) is 50.2 Å². The fraction of sp³-hybridized carbons (Fsp3) is 0.909. The molecule has 1 fully saturated rings. The van der Waals surface area contributed by atoms with Gasteiger partial charge >= 0.3 is 0 Å². The van der Waals surface area contributed by atoms with E-state index in [2.05, 4.69) is 27.8 Å². The lowest BCUT2D eigenvalue weighted by Gasteiger charge is -2.10. The zero-order valence-electron chi connectivity index (χ0n) is 10.4. The molecule has 1 N–H and O–H groups in total. The van der Waals surface area contributed by atoms with E-state index in [4.69, 9.17) is 0 Å². The predicted molar refractivity (Wildman–Crippen MR) is 69.2 cm³/mol. The summed E-state index contributed by atoms with van der Waals surface area (Å²) in [6, 6.07) is 0.543. The molecule has 1 aromatic rings. The molecule has 1 aliphatic rings. The molecule has 0 amide bonds. The first-order chi connectivity index (χ1) is 8.42. The van der Waals surface area contributed by atoms with Crippen LogP contribution in [-0.4, -0.2) is 39.0 Å². The number of thioether (sulfide) groups is 1. The number of aromatic nitrogens is 4. The van der Waals surface area contributed by atoms with Gasteiger partial charge in [0.15, 0.2) is 0 Å². The molecule has 2 rings (SSSR count). The molecule has 17 heavy (non-hydrogen) atoms. The molecule has 0 spiro atoms. The maximum absolute atomic E-state index is 4.13. The molecule has 0 saturated heterocycles. The van der Waals surface area contributed by atoms with Gasteiger partial charge in [0.25, 0.3) is 0 Å². The Morgan fingerprint density at radius 3 is 3.00 bits per heavy atom. The zero-order valence-corrected chi connectivity index (χ0v) is 11.2. The number of tetrazole rings is 1. The van der Waals surface area contributed by atoms with Crippen LogP contribution < -0.4 is 5.32 Å². The molecule has 0 bridgehead atoms. The monoisotopic (exact) mass is 255 g/mol. The van der Waals surface area contributed by atoms with Crippen LogP contribution in [-0.2, 0) is 0 Å². The van der Waals surface area contributed by atoms with Crippen LogP contribution in [0, 0.1) is 0 Å².